The molecule has 0 fully saturated rings. The van der Waals surface area contributed by atoms with Gasteiger partial charge < -0.3 is 15.8 Å². The van der Waals surface area contributed by atoms with Gasteiger partial charge in [0.25, 0.3) is 5.56 Å². The van der Waals surface area contributed by atoms with E-state index in [0.717, 1.165) is 6.42 Å². The fourth-order valence-electron chi connectivity index (χ4n) is 1.75. The van der Waals surface area contributed by atoms with Crippen molar-refractivity contribution in [2.45, 2.75) is 6.42 Å². The van der Waals surface area contributed by atoms with E-state index in [0.29, 0.717) is 42.3 Å². The number of nitrogens with zero attached hydrogens (tertiary/aromatic N) is 1. The van der Waals surface area contributed by atoms with Crippen molar-refractivity contribution < 1.29 is 4.74 Å². The first-order valence-electron chi connectivity index (χ1n) is 6.43. The Kier molecular flexibility index (Phi) is 4.73. The van der Waals surface area contributed by atoms with Crippen LogP contribution >= 0.6 is 0 Å². The Morgan fingerprint density at radius 1 is 1.45 bits per heavy atom. The Labute approximate surface area is 116 Å². The lowest BCUT2D eigenvalue weighted by atomic mass is 10.2. The van der Waals surface area contributed by atoms with Gasteiger partial charge in [0.15, 0.2) is 0 Å². The molecule has 106 valence electrons. The van der Waals surface area contributed by atoms with E-state index in [4.69, 9.17) is 10.5 Å². The van der Waals surface area contributed by atoms with E-state index in [1.807, 2.05) is 6.08 Å². The molecule has 0 atom stereocenters. The molecule has 1 aromatic heterocycles. The molecule has 6 nitrogen and oxygen atoms in total. The normalized spacial score (nSPS) is 10.6. The Morgan fingerprint density at radius 3 is 3.10 bits per heavy atom. The van der Waals surface area contributed by atoms with Crippen LogP contribution in [0.1, 0.15) is 6.42 Å². The van der Waals surface area contributed by atoms with Crippen LogP contribution in [0.15, 0.2) is 35.6 Å². The molecule has 2 aromatic rings. The van der Waals surface area contributed by atoms with Crippen LogP contribution in [0.2, 0.25) is 0 Å². The van der Waals surface area contributed by atoms with Gasteiger partial charge in [-0.15, -0.1) is 6.58 Å². The predicted octanol–water partition coefficient (Wildman–Crippen LogP) is 1.51. The van der Waals surface area contributed by atoms with Crippen LogP contribution in [-0.2, 0) is 4.74 Å². The van der Waals surface area contributed by atoms with Crippen molar-refractivity contribution in [2.24, 2.45) is 0 Å². The summed E-state index contributed by atoms with van der Waals surface area (Å²) in [5, 5.41) is 3.50. The van der Waals surface area contributed by atoms with Gasteiger partial charge >= 0.3 is 0 Å². The molecule has 0 bridgehead atoms. The maximum atomic E-state index is 11.9. The third-order valence-corrected chi connectivity index (χ3v) is 2.73. The summed E-state index contributed by atoms with van der Waals surface area (Å²) >= 11 is 0. The zero-order chi connectivity index (χ0) is 14.4. The SMILES string of the molecule is C=CCCOCCNc1nc2ccc(N)cc2c(=O)[nH]1. The van der Waals surface area contributed by atoms with Crippen LogP contribution in [-0.4, -0.2) is 29.7 Å². The summed E-state index contributed by atoms with van der Waals surface area (Å²) < 4.78 is 5.36. The van der Waals surface area contributed by atoms with Gasteiger partial charge in [-0.05, 0) is 24.6 Å². The lowest BCUT2D eigenvalue weighted by Crippen LogP contribution is -2.16. The highest BCUT2D eigenvalue weighted by Crippen LogP contribution is 2.12. The molecule has 1 aromatic carbocycles. The van der Waals surface area contributed by atoms with Crippen LogP contribution in [0.3, 0.4) is 0 Å². The van der Waals surface area contributed by atoms with Gasteiger partial charge in [-0.1, -0.05) is 6.08 Å². The summed E-state index contributed by atoms with van der Waals surface area (Å²) in [6.45, 7) is 5.37. The van der Waals surface area contributed by atoms with Crippen LogP contribution in [0.4, 0.5) is 11.6 Å². The number of H-pyrrole nitrogens is 1. The minimum atomic E-state index is -0.211. The summed E-state index contributed by atoms with van der Waals surface area (Å²) in [5.74, 6) is 0.430. The number of hydrogen-bond donors (Lipinski definition) is 3. The standard InChI is InChI=1S/C14H18N4O2/c1-2-3-7-20-8-6-16-14-17-12-5-4-10(15)9-11(12)13(19)18-14/h2,4-5,9H,1,3,6-8,15H2,(H2,16,17,18,19). The number of anilines is 2. The predicted molar refractivity (Wildman–Crippen MR) is 80.9 cm³/mol. The molecule has 6 heteroatoms. The first-order valence-corrected chi connectivity index (χ1v) is 6.43. The molecule has 0 aliphatic rings. The van der Waals surface area contributed by atoms with E-state index in [-0.39, 0.29) is 5.56 Å². The Balaban J connectivity index is 1.99. The maximum Gasteiger partial charge on any atom is 0.260 e. The first-order chi connectivity index (χ1) is 9.70. The number of ether oxygens (including phenoxy) is 1. The second kappa shape index (κ2) is 6.72. The smallest absolute Gasteiger partial charge is 0.260 e. The van der Waals surface area contributed by atoms with E-state index < -0.39 is 0 Å². The Hall–Kier alpha value is -2.34. The minimum absolute atomic E-state index is 0.211. The fraction of sp³-hybridized carbons (Fsp3) is 0.286. The van der Waals surface area contributed by atoms with Gasteiger partial charge in [-0.3, -0.25) is 9.78 Å². The second-order valence-electron chi connectivity index (χ2n) is 4.31. The van der Waals surface area contributed by atoms with Crippen molar-refractivity contribution in [1.29, 1.82) is 0 Å². The third-order valence-electron chi connectivity index (χ3n) is 2.73. The molecular weight excluding hydrogens is 256 g/mol. The largest absolute Gasteiger partial charge is 0.399 e. The number of rotatable bonds is 7. The molecule has 2 rings (SSSR count). The van der Waals surface area contributed by atoms with Gasteiger partial charge in [0.1, 0.15) is 0 Å². The number of nitrogens with two attached hydrogens (primary N) is 1. The zero-order valence-corrected chi connectivity index (χ0v) is 11.2. The van der Waals surface area contributed by atoms with Crippen LogP contribution in [0, 0.1) is 0 Å². The van der Waals surface area contributed by atoms with Crippen molar-refractivity contribution in [3.8, 4) is 0 Å². The molecule has 0 saturated carbocycles. The van der Waals surface area contributed by atoms with E-state index in [1.165, 1.54) is 0 Å². The molecule has 1 heterocycles. The molecular formula is C14H18N4O2. The molecule has 0 saturated heterocycles. The van der Waals surface area contributed by atoms with E-state index >= 15 is 0 Å². The van der Waals surface area contributed by atoms with Crippen LogP contribution in [0.25, 0.3) is 10.9 Å². The van der Waals surface area contributed by atoms with Gasteiger partial charge in [0, 0.05) is 12.2 Å². The number of aromatic amines is 1. The quantitative estimate of drug-likeness (QED) is 0.404. The fourth-order valence-corrected chi connectivity index (χ4v) is 1.75. The molecule has 0 aliphatic heterocycles. The first kappa shape index (κ1) is 14.1. The summed E-state index contributed by atoms with van der Waals surface area (Å²) in [7, 11) is 0. The maximum absolute atomic E-state index is 11.9. The molecule has 0 spiro atoms. The average molecular weight is 274 g/mol. The molecule has 0 amide bonds. The third kappa shape index (κ3) is 3.58. The van der Waals surface area contributed by atoms with Crippen molar-refractivity contribution in [1.82, 2.24) is 9.97 Å². The molecule has 0 radical (unpaired) electrons. The van der Waals surface area contributed by atoms with Gasteiger partial charge in [-0.2, -0.15) is 0 Å². The lowest BCUT2D eigenvalue weighted by Gasteiger charge is -2.07. The number of fused-ring (bicyclic) bond motifs is 1. The minimum Gasteiger partial charge on any atom is -0.399 e. The second-order valence-corrected chi connectivity index (χ2v) is 4.31. The number of aromatic nitrogens is 2. The topological polar surface area (TPSA) is 93.0 Å². The summed E-state index contributed by atoms with van der Waals surface area (Å²) in [5.41, 5.74) is 6.59. The van der Waals surface area contributed by atoms with Crippen molar-refractivity contribution in [3.05, 3.63) is 41.2 Å². The summed E-state index contributed by atoms with van der Waals surface area (Å²) in [6, 6.07) is 5.06. The molecule has 0 aliphatic carbocycles. The lowest BCUT2D eigenvalue weighted by molar-refractivity contribution is 0.149. The number of nitrogen functional groups attached to an aromatic ring is 1. The van der Waals surface area contributed by atoms with Gasteiger partial charge in [0.05, 0.1) is 24.1 Å². The van der Waals surface area contributed by atoms with E-state index in [2.05, 4.69) is 21.9 Å². The van der Waals surface area contributed by atoms with Crippen LogP contribution in [0.5, 0.6) is 0 Å². The Bertz CT molecular complexity index is 651. The molecule has 0 unspecified atom stereocenters. The highest BCUT2D eigenvalue weighted by Gasteiger charge is 2.03. The number of hydrogen-bond acceptors (Lipinski definition) is 5. The van der Waals surface area contributed by atoms with Crippen LogP contribution < -0.4 is 16.6 Å². The van der Waals surface area contributed by atoms with Gasteiger partial charge in [-0.25, -0.2) is 4.98 Å². The van der Waals surface area contributed by atoms with E-state index in [9.17, 15) is 4.79 Å². The highest BCUT2D eigenvalue weighted by atomic mass is 16.5. The highest BCUT2D eigenvalue weighted by molar-refractivity contribution is 5.81. The number of nitrogens with one attached hydrogen (secondary N) is 2. The van der Waals surface area contributed by atoms with Crippen molar-refractivity contribution in [2.75, 3.05) is 30.8 Å². The Morgan fingerprint density at radius 2 is 2.30 bits per heavy atom. The number of benzene rings is 1. The average Bonchev–Trinajstić information content (AvgIpc) is 2.43. The molecule has 4 N–H and O–H groups in total. The van der Waals surface area contributed by atoms with E-state index in [1.54, 1.807) is 18.2 Å². The zero-order valence-electron chi connectivity index (χ0n) is 11.2. The van der Waals surface area contributed by atoms with Crippen molar-refractivity contribution in [3.63, 3.8) is 0 Å². The molecule has 20 heavy (non-hydrogen) atoms. The summed E-state index contributed by atoms with van der Waals surface area (Å²) in [6.07, 6.45) is 2.63. The van der Waals surface area contributed by atoms with Crippen molar-refractivity contribution >= 4 is 22.5 Å². The van der Waals surface area contributed by atoms with Gasteiger partial charge in [0.2, 0.25) is 5.95 Å². The summed E-state index contributed by atoms with van der Waals surface area (Å²) in [4.78, 5) is 18.9. The monoisotopic (exact) mass is 274 g/mol.